The number of anilines is 2. The third kappa shape index (κ3) is 4.45. The van der Waals surface area contributed by atoms with Crippen LogP contribution in [0, 0.1) is 17.0 Å². The molecule has 3 aromatic rings. The van der Waals surface area contributed by atoms with Crippen LogP contribution in [0.5, 0.6) is 0 Å². The summed E-state index contributed by atoms with van der Waals surface area (Å²) in [5.41, 5.74) is 2.81. The Morgan fingerprint density at radius 2 is 1.67 bits per heavy atom. The van der Waals surface area contributed by atoms with Crippen molar-refractivity contribution in [2.75, 3.05) is 22.9 Å². The first-order chi connectivity index (χ1) is 17.3. The highest BCUT2D eigenvalue weighted by atomic mass is 16.6. The van der Waals surface area contributed by atoms with E-state index in [2.05, 4.69) is 18.7 Å². The summed E-state index contributed by atoms with van der Waals surface area (Å²) in [7, 11) is 0. The van der Waals surface area contributed by atoms with Gasteiger partial charge in [-0.2, -0.15) is 0 Å². The lowest BCUT2D eigenvalue weighted by Gasteiger charge is -2.27. The molecule has 4 rings (SSSR count). The summed E-state index contributed by atoms with van der Waals surface area (Å²) in [6.45, 7) is 7.65. The second-order valence-electron chi connectivity index (χ2n) is 8.58. The SMILES string of the molecule is CCN(CC)c1ccc(C2/C(=C(/O)c3cccc([N+](=O)[O-])c3)C(=O)C(=O)N2c2cccc(C)c2)cc1. The van der Waals surface area contributed by atoms with Gasteiger partial charge < -0.3 is 10.0 Å². The van der Waals surface area contributed by atoms with E-state index >= 15 is 0 Å². The van der Waals surface area contributed by atoms with E-state index in [9.17, 15) is 24.8 Å². The molecular formula is C28H27N3O5. The van der Waals surface area contributed by atoms with Crippen LogP contribution < -0.4 is 9.80 Å². The molecule has 0 saturated carbocycles. The van der Waals surface area contributed by atoms with Gasteiger partial charge in [-0.05, 0) is 56.2 Å². The van der Waals surface area contributed by atoms with E-state index < -0.39 is 28.4 Å². The molecule has 0 spiro atoms. The first-order valence-electron chi connectivity index (χ1n) is 11.7. The molecule has 0 bridgehead atoms. The number of hydrogen-bond acceptors (Lipinski definition) is 6. The number of rotatable bonds is 7. The van der Waals surface area contributed by atoms with Crippen molar-refractivity contribution in [3.8, 4) is 0 Å². The number of nitrogens with zero attached hydrogens (tertiary/aromatic N) is 3. The number of non-ortho nitro benzene ring substituents is 1. The van der Waals surface area contributed by atoms with Gasteiger partial charge in [-0.3, -0.25) is 24.6 Å². The first kappa shape index (κ1) is 24.7. The van der Waals surface area contributed by atoms with Crippen molar-refractivity contribution in [2.24, 2.45) is 0 Å². The summed E-state index contributed by atoms with van der Waals surface area (Å²) in [6.07, 6.45) is 0. The molecule has 1 N–H and O–H groups in total. The molecule has 36 heavy (non-hydrogen) atoms. The van der Waals surface area contributed by atoms with Gasteiger partial charge in [0.15, 0.2) is 0 Å². The molecule has 8 heteroatoms. The van der Waals surface area contributed by atoms with Crippen molar-refractivity contribution >= 4 is 34.5 Å². The van der Waals surface area contributed by atoms with E-state index in [-0.39, 0.29) is 16.8 Å². The molecule has 3 aromatic carbocycles. The summed E-state index contributed by atoms with van der Waals surface area (Å²) in [5, 5.41) is 22.5. The van der Waals surface area contributed by atoms with Gasteiger partial charge in [0.05, 0.1) is 16.5 Å². The number of amides is 1. The number of ketones is 1. The molecule has 1 amide bonds. The third-order valence-electron chi connectivity index (χ3n) is 6.39. The van der Waals surface area contributed by atoms with E-state index in [1.54, 1.807) is 18.2 Å². The highest BCUT2D eigenvalue weighted by Gasteiger charge is 2.47. The number of aliphatic hydroxyl groups excluding tert-OH is 1. The summed E-state index contributed by atoms with van der Waals surface area (Å²) in [5.74, 6) is -2.08. The van der Waals surface area contributed by atoms with Crippen LogP contribution >= 0.6 is 0 Å². The lowest BCUT2D eigenvalue weighted by molar-refractivity contribution is -0.384. The molecule has 0 aliphatic carbocycles. The van der Waals surface area contributed by atoms with Gasteiger partial charge in [0.2, 0.25) is 0 Å². The van der Waals surface area contributed by atoms with E-state index in [0.717, 1.165) is 24.3 Å². The van der Waals surface area contributed by atoms with Crippen LogP contribution in [0.25, 0.3) is 5.76 Å². The molecule has 1 aliphatic rings. The van der Waals surface area contributed by atoms with Gasteiger partial charge >= 0.3 is 0 Å². The van der Waals surface area contributed by atoms with E-state index in [4.69, 9.17) is 0 Å². The minimum absolute atomic E-state index is 0.0937. The Kier molecular flexibility index (Phi) is 6.87. The molecule has 1 aliphatic heterocycles. The van der Waals surface area contributed by atoms with Gasteiger partial charge in [0, 0.05) is 42.2 Å². The zero-order valence-corrected chi connectivity index (χ0v) is 20.3. The number of carbonyl (C=O) groups excluding carboxylic acids is 2. The largest absolute Gasteiger partial charge is 0.507 e. The maximum Gasteiger partial charge on any atom is 0.300 e. The Morgan fingerprint density at radius 1 is 1.00 bits per heavy atom. The quantitative estimate of drug-likeness (QED) is 0.159. The van der Waals surface area contributed by atoms with Crippen LogP contribution in [0.15, 0.2) is 78.4 Å². The predicted molar refractivity (Wildman–Crippen MR) is 139 cm³/mol. The number of Topliss-reactive ketones (excluding diaryl/α,β-unsaturated/α-hetero) is 1. The average molecular weight is 486 g/mol. The zero-order valence-electron chi connectivity index (χ0n) is 20.3. The predicted octanol–water partition coefficient (Wildman–Crippen LogP) is 5.38. The number of nitro groups is 1. The van der Waals surface area contributed by atoms with Crippen LogP contribution in [-0.4, -0.2) is 34.8 Å². The molecule has 1 heterocycles. The molecular weight excluding hydrogens is 458 g/mol. The van der Waals surface area contributed by atoms with Crippen molar-refractivity contribution in [1.82, 2.24) is 0 Å². The summed E-state index contributed by atoms with van der Waals surface area (Å²) in [4.78, 5) is 40.9. The van der Waals surface area contributed by atoms with Crippen LogP contribution in [0.3, 0.4) is 0 Å². The molecule has 1 saturated heterocycles. The number of benzene rings is 3. The number of nitro benzene ring substituents is 1. The Bertz CT molecular complexity index is 1360. The van der Waals surface area contributed by atoms with Crippen LogP contribution in [-0.2, 0) is 9.59 Å². The second-order valence-corrected chi connectivity index (χ2v) is 8.58. The molecule has 1 atom stereocenters. The van der Waals surface area contributed by atoms with Gasteiger partial charge in [-0.1, -0.05) is 36.4 Å². The molecule has 1 fully saturated rings. The summed E-state index contributed by atoms with van der Waals surface area (Å²) < 4.78 is 0. The maximum atomic E-state index is 13.3. The first-order valence-corrected chi connectivity index (χ1v) is 11.7. The summed E-state index contributed by atoms with van der Waals surface area (Å²) in [6, 6.07) is 19.2. The standard InChI is InChI=1S/C28H27N3O5/c1-4-29(5-2)21-14-12-19(13-15-21)25-24(26(32)20-9-7-11-23(17-20)31(35)36)27(33)28(34)30(25)22-10-6-8-18(3)16-22/h6-17,25,32H,4-5H2,1-3H3/b26-24-. The highest BCUT2D eigenvalue weighted by molar-refractivity contribution is 6.51. The number of aliphatic hydroxyl groups is 1. The maximum absolute atomic E-state index is 13.3. The van der Waals surface area contributed by atoms with Gasteiger partial charge in [-0.25, -0.2) is 0 Å². The van der Waals surface area contributed by atoms with Crippen LogP contribution in [0.4, 0.5) is 17.1 Å². The van der Waals surface area contributed by atoms with E-state index in [0.29, 0.717) is 11.3 Å². The molecule has 0 radical (unpaired) electrons. The van der Waals surface area contributed by atoms with Gasteiger partial charge in [-0.15, -0.1) is 0 Å². The van der Waals surface area contributed by atoms with Crippen molar-refractivity contribution < 1.29 is 19.6 Å². The fourth-order valence-electron chi connectivity index (χ4n) is 4.57. The van der Waals surface area contributed by atoms with E-state index in [1.807, 2.05) is 37.3 Å². The number of hydrogen-bond donors (Lipinski definition) is 1. The lowest BCUT2D eigenvalue weighted by atomic mass is 9.94. The minimum atomic E-state index is -0.906. The Morgan fingerprint density at radius 3 is 2.28 bits per heavy atom. The average Bonchev–Trinajstić information content (AvgIpc) is 3.15. The Balaban J connectivity index is 1.92. The monoisotopic (exact) mass is 485 g/mol. The van der Waals surface area contributed by atoms with Crippen molar-refractivity contribution in [1.29, 1.82) is 0 Å². The van der Waals surface area contributed by atoms with Crippen molar-refractivity contribution in [2.45, 2.75) is 26.8 Å². The topological polar surface area (TPSA) is 104 Å². The normalized spacial score (nSPS) is 16.9. The summed E-state index contributed by atoms with van der Waals surface area (Å²) >= 11 is 0. The third-order valence-corrected chi connectivity index (χ3v) is 6.39. The number of carbonyl (C=O) groups is 2. The van der Waals surface area contributed by atoms with Crippen LogP contribution in [0.2, 0.25) is 0 Å². The Hall–Kier alpha value is -4.46. The molecule has 184 valence electrons. The van der Waals surface area contributed by atoms with E-state index in [1.165, 1.54) is 29.2 Å². The second kappa shape index (κ2) is 10.0. The highest BCUT2D eigenvalue weighted by Crippen LogP contribution is 2.42. The van der Waals surface area contributed by atoms with Gasteiger partial charge in [0.1, 0.15) is 5.76 Å². The van der Waals surface area contributed by atoms with Crippen molar-refractivity contribution in [3.05, 3.63) is 105 Å². The van der Waals surface area contributed by atoms with Gasteiger partial charge in [0.25, 0.3) is 17.4 Å². The molecule has 0 aromatic heterocycles. The molecule has 1 unspecified atom stereocenters. The smallest absolute Gasteiger partial charge is 0.300 e. The van der Waals surface area contributed by atoms with Crippen molar-refractivity contribution in [3.63, 3.8) is 0 Å². The number of aryl methyl sites for hydroxylation is 1. The minimum Gasteiger partial charge on any atom is -0.507 e. The fraction of sp³-hybridized carbons (Fsp3) is 0.214. The molecule has 8 nitrogen and oxygen atoms in total. The zero-order chi connectivity index (χ0) is 26.0. The lowest BCUT2D eigenvalue weighted by Crippen LogP contribution is -2.29. The van der Waals surface area contributed by atoms with Crippen LogP contribution in [0.1, 0.15) is 36.6 Å². The Labute approximate surface area is 209 Å². The fourth-order valence-corrected chi connectivity index (χ4v) is 4.57.